The fourth-order valence-corrected chi connectivity index (χ4v) is 1.54. The van der Waals surface area contributed by atoms with Gasteiger partial charge in [-0.25, -0.2) is 0 Å². The Morgan fingerprint density at radius 2 is 1.80 bits per heavy atom. The lowest BCUT2D eigenvalue weighted by molar-refractivity contribution is 0.467. The van der Waals surface area contributed by atoms with Gasteiger partial charge in [0.15, 0.2) is 0 Å². The summed E-state index contributed by atoms with van der Waals surface area (Å²) in [6.45, 7) is 4.05. The summed E-state index contributed by atoms with van der Waals surface area (Å²) >= 11 is 0. The number of hydrogen-bond donors (Lipinski definition) is 1. The van der Waals surface area contributed by atoms with E-state index in [4.69, 9.17) is 4.42 Å². The highest BCUT2D eigenvalue weighted by Crippen LogP contribution is 2.20. The van der Waals surface area contributed by atoms with Crippen molar-refractivity contribution in [3.05, 3.63) is 54.0 Å². The summed E-state index contributed by atoms with van der Waals surface area (Å²) < 4.78 is 5.55. The minimum Gasteiger partial charge on any atom is -0.464 e. The molecule has 0 fully saturated rings. The Morgan fingerprint density at radius 3 is 2.40 bits per heavy atom. The largest absolute Gasteiger partial charge is 0.464 e. The van der Waals surface area contributed by atoms with E-state index in [1.807, 2.05) is 49.4 Å². The molecule has 0 saturated heterocycles. The number of rotatable bonds is 3. The standard InChI is InChI=1S/C13H15NO/c1-10-8-9-13(15-10)11(2)14-12-6-4-3-5-7-12/h3-9,11,14H,1-2H3. The Morgan fingerprint density at radius 1 is 1.07 bits per heavy atom. The van der Waals surface area contributed by atoms with Crippen molar-refractivity contribution in [1.82, 2.24) is 0 Å². The second-order valence-corrected chi connectivity index (χ2v) is 3.68. The van der Waals surface area contributed by atoms with Gasteiger partial charge in [0.25, 0.3) is 0 Å². The molecule has 2 heteroatoms. The van der Waals surface area contributed by atoms with E-state index in [1.54, 1.807) is 0 Å². The van der Waals surface area contributed by atoms with Gasteiger partial charge in [-0.2, -0.15) is 0 Å². The highest BCUT2D eigenvalue weighted by atomic mass is 16.3. The lowest BCUT2D eigenvalue weighted by Crippen LogP contribution is -2.04. The molecule has 0 saturated carbocycles. The maximum Gasteiger partial charge on any atom is 0.126 e. The van der Waals surface area contributed by atoms with Gasteiger partial charge in [-0.3, -0.25) is 0 Å². The van der Waals surface area contributed by atoms with Crippen LogP contribution in [0.5, 0.6) is 0 Å². The summed E-state index contributed by atoms with van der Waals surface area (Å²) in [5.74, 6) is 1.92. The average Bonchev–Trinajstić information content (AvgIpc) is 2.66. The zero-order valence-corrected chi connectivity index (χ0v) is 9.03. The Balaban J connectivity index is 2.07. The van der Waals surface area contributed by atoms with Crippen LogP contribution < -0.4 is 5.32 Å². The molecule has 0 aliphatic heterocycles. The van der Waals surface area contributed by atoms with E-state index in [0.29, 0.717) is 0 Å². The number of hydrogen-bond acceptors (Lipinski definition) is 2. The molecule has 0 spiro atoms. The molecule has 0 bridgehead atoms. The van der Waals surface area contributed by atoms with Crippen molar-refractivity contribution in [1.29, 1.82) is 0 Å². The Bertz CT molecular complexity index is 419. The molecule has 2 aromatic rings. The summed E-state index contributed by atoms with van der Waals surface area (Å²) in [6.07, 6.45) is 0. The third-order valence-corrected chi connectivity index (χ3v) is 2.34. The van der Waals surface area contributed by atoms with Gasteiger partial charge in [0.2, 0.25) is 0 Å². The fraction of sp³-hybridized carbons (Fsp3) is 0.231. The number of aryl methyl sites for hydroxylation is 1. The number of benzene rings is 1. The van der Waals surface area contributed by atoms with Crippen molar-refractivity contribution in [2.24, 2.45) is 0 Å². The van der Waals surface area contributed by atoms with Crippen LogP contribution in [-0.4, -0.2) is 0 Å². The minimum absolute atomic E-state index is 0.195. The molecule has 1 atom stereocenters. The predicted molar refractivity (Wildman–Crippen MR) is 61.9 cm³/mol. The monoisotopic (exact) mass is 201 g/mol. The summed E-state index contributed by atoms with van der Waals surface area (Å²) in [5, 5.41) is 3.38. The molecule has 0 aliphatic rings. The van der Waals surface area contributed by atoms with Crippen molar-refractivity contribution in [2.45, 2.75) is 19.9 Å². The molecule has 0 amide bonds. The minimum atomic E-state index is 0.195. The van der Waals surface area contributed by atoms with Gasteiger partial charge >= 0.3 is 0 Å². The summed E-state index contributed by atoms with van der Waals surface area (Å²) in [5.41, 5.74) is 1.11. The second kappa shape index (κ2) is 4.22. The van der Waals surface area contributed by atoms with Crippen molar-refractivity contribution < 1.29 is 4.42 Å². The van der Waals surface area contributed by atoms with Crippen LogP contribution in [0.2, 0.25) is 0 Å². The maximum absolute atomic E-state index is 5.55. The first-order valence-electron chi connectivity index (χ1n) is 5.13. The van der Waals surface area contributed by atoms with Crippen LogP contribution in [0.1, 0.15) is 24.5 Å². The third kappa shape index (κ3) is 2.40. The van der Waals surface area contributed by atoms with E-state index in [9.17, 15) is 0 Å². The number of furan rings is 1. The molecule has 2 nitrogen and oxygen atoms in total. The van der Waals surface area contributed by atoms with E-state index in [-0.39, 0.29) is 6.04 Å². The second-order valence-electron chi connectivity index (χ2n) is 3.68. The topological polar surface area (TPSA) is 25.2 Å². The van der Waals surface area contributed by atoms with E-state index in [0.717, 1.165) is 17.2 Å². The maximum atomic E-state index is 5.55. The molecule has 1 N–H and O–H groups in total. The van der Waals surface area contributed by atoms with Crippen LogP contribution in [0.4, 0.5) is 5.69 Å². The van der Waals surface area contributed by atoms with E-state index >= 15 is 0 Å². The van der Waals surface area contributed by atoms with Crippen molar-refractivity contribution in [2.75, 3.05) is 5.32 Å². The first-order valence-corrected chi connectivity index (χ1v) is 5.13. The third-order valence-electron chi connectivity index (χ3n) is 2.34. The molecule has 1 heterocycles. The average molecular weight is 201 g/mol. The first kappa shape index (κ1) is 9.84. The SMILES string of the molecule is Cc1ccc(C(C)Nc2ccccc2)o1. The van der Waals surface area contributed by atoms with Crippen LogP contribution in [0.15, 0.2) is 46.9 Å². The molecule has 0 aliphatic carbocycles. The van der Waals surface area contributed by atoms with Gasteiger partial charge in [0.1, 0.15) is 11.5 Å². The van der Waals surface area contributed by atoms with Crippen LogP contribution in [0.3, 0.4) is 0 Å². The fourth-order valence-electron chi connectivity index (χ4n) is 1.54. The van der Waals surface area contributed by atoms with Crippen LogP contribution >= 0.6 is 0 Å². The molecule has 1 unspecified atom stereocenters. The molecular formula is C13H15NO. The van der Waals surface area contributed by atoms with Crippen LogP contribution in [0.25, 0.3) is 0 Å². The Labute approximate surface area is 89.9 Å². The zero-order valence-electron chi connectivity index (χ0n) is 9.03. The molecular weight excluding hydrogens is 186 g/mol. The molecule has 2 rings (SSSR count). The van der Waals surface area contributed by atoms with Crippen molar-refractivity contribution in [3.63, 3.8) is 0 Å². The smallest absolute Gasteiger partial charge is 0.126 e. The normalized spacial score (nSPS) is 12.4. The van der Waals surface area contributed by atoms with Crippen LogP contribution in [-0.2, 0) is 0 Å². The summed E-state index contributed by atoms with van der Waals surface area (Å²) in [6, 6.07) is 14.3. The van der Waals surface area contributed by atoms with Crippen molar-refractivity contribution >= 4 is 5.69 Å². The van der Waals surface area contributed by atoms with Gasteiger partial charge in [0.05, 0.1) is 6.04 Å². The van der Waals surface area contributed by atoms with Gasteiger partial charge in [-0.15, -0.1) is 0 Å². The van der Waals surface area contributed by atoms with Crippen LogP contribution in [0, 0.1) is 6.92 Å². The highest BCUT2D eigenvalue weighted by Gasteiger charge is 2.08. The molecule has 78 valence electrons. The summed E-state index contributed by atoms with van der Waals surface area (Å²) in [4.78, 5) is 0. The lowest BCUT2D eigenvalue weighted by Gasteiger charge is -2.12. The van der Waals surface area contributed by atoms with E-state index < -0.39 is 0 Å². The van der Waals surface area contributed by atoms with E-state index in [1.165, 1.54) is 0 Å². The highest BCUT2D eigenvalue weighted by molar-refractivity contribution is 5.44. The lowest BCUT2D eigenvalue weighted by atomic mass is 10.2. The van der Waals surface area contributed by atoms with Crippen molar-refractivity contribution in [3.8, 4) is 0 Å². The number of anilines is 1. The van der Waals surface area contributed by atoms with Gasteiger partial charge < -0.3 is 9.73 Å². The van der Waals surface area contributed by atoms with Gasteiger partial charge in [-0.1, -0.05) is 18.2 Å². The van der Waals surface area contributed by atoms with E-state index in [2.05, 4.69) is 12.2 Å². The summed E-state index contributed by atoms with van der Waals surface area (Å²) in [7, 11) is 0. The molecule has 0 radical (unpaired) electrons. The van der Waals surface area contributed by atoms with Gasteiger partial charge in [0, 0.05) is 5.69 Å². The molecule has 1 aromatic carbocycles. The first-order chi connectivity index (χ1) is 7.25. The zero-order chi connectivity index (χ0) is 10.7. The quantitative estimate of drug-likeness (QED) is 0.817. The number of para-hydroxylation sites is 1. The number of nitrogens with one attached hydrogen (secondary N) is 1. The molecule has 15 heavy (non-hydrogen) atoms. The Hall–Kier alpha value is -1.70. The Kier molecular flexibility index (Phi) is 2.77. The predicted octanol–water partition coefficient (Wildman–Crippen LogP) is 3.76. The van der Waals surface area contributed by atoms with Gasteiger partial charge in [-0.05, 0) is 38.1 Å². The molecule has 1 aromatic heterocycles.